The van der Waals surface area contributed by atoms with Crippen LogP contribution in [0.4, 0.5) is 5.69 Å². The van der Waals surface area contributed by atoms with Crippen molar-refractivity contribution in [3.8, 4) is 17.2 Å². The van der Waals surface area contributed by atoms with Gasteiger partial charge in [-0.3, -0.25) is 13.9 Å². The van der Waals surface area contributed by atoms with Crippen LogP contribution in [0.5, 0.6) is 17.2 Å². The zero-order valence-electron chi connectivity index (χ0n) is 24.1. The highest BCUT2D eigenvalue weighted by atomic mass is 32.2. The van der Waals surface area contributed by atoms with Crippen LogP contribution in [-0.4, -0.2) is 63.9 Å². The molecule has 0 radical (unpaired) electrons. The van der Waals surface area contributed by atoms with Crippen molar-refractivity contribution in [1.29, 1.82) is 0 Å². The van der Waals surface area contributed by atoms with Crippen LogP contribution in [0.1, 0.15) is 31.4 Å². The van der Waals surface area contributed by atoms with Crippen molar-refractivity contribution in [3.05, 3.63) is 83.9 Å². The van der Waals surface area contributed by atoms with Crippen LogP contribution >= 0.6 is 0 Å². The first-order valence-corrected chi connectivity index (χ1v) is 15.5. The number of fused-ring (bicyclic) bond motifs is 1. The fourth-order valence-electron chi connectivity index (χ4n) is 4.65. The number of carbonyl (C=O) groups is 2. The smallest absolute Gasteiger partial charge is 0.244 e. The number of sulfonamides is 1. The van der Waals surface area contributed by atoms with E-state index < -0.39 is 28.5 Å². The maximum absolute atomic E-state index is 14.2. The third-order valence-corrected chi connectivity index (χ3v) is 8.67. The lowest BCUT2D eigenvalue weighted by molar-refractivity contribution is -0.140. The molecule has 224 valence electrons. The second-order valence-electron chi connectivity index (χ2n) is 9.81. The Bertz CT molecular complexity index is 1480. The Morgan fingerprint density at radius 1 is 0.952 bits per heavy atom. The summed E-state index contributed by atoms with van der Waals surface area (Å²) in [6.07, 6.45) is 0.969. The van der Waals surface area contributed by atoms with Gasteiger partial charge < -0.3 is 24.4 Å². The topological polar surface area (TPSA) is 114 Å². The van der Waals surface area contributed by atoms with E-state index in [0.29, 0.717) is 23.8 Å². The minimum atomic E-state index is -3.89. The summed E-state index contributed by atoms with van der Waals surface area (Å²) in [5, 5.41) is 2.93. The summed E-state index contributed by atoms with van der Waals surface area (Å²) in [5.74, 6) is 0.421. The minimum absolute atomic E-state index is 0.0284. The van der Waals surface area contributed by atoms with Gasteiger partial charge in [-0.15, -0.1) is 0 Å². The molecule has 1 atom stereocenters. The van der Waals surface area contributed by atoms with Gasteiger partial charge in [0.2, 0.25) is 28.6 Å². The average Bonchev–Trinajstić information content (AvgIpc) is 3.49. The van der Waals surface area contributed by atoms with E-state index in [9.17, 15) is 18.0 Å². The molecule has 0 saturated heterocycles. The summed E-state index contributed by atoms with van der Waals surface area (Å²) >= 11 is 0. The van der Waals surface area contributed by atoms with Gasteiger partial charge >= 0.3 is 0 Å². The van der Waals surface area contributed by atoms with Crippen LogP contribution < -0.4 is 23.8 Å². The van der Waals surface area contributed by atoms with Gasteiger partial charge in [0.05, 0.1) is 18.6 Å². The Kier molecular flexibility index (Phi) is 10.3. The first-order chi connectivity index (χ1) is 20.2. The fraction of sp³-hybridized carbons (Fsp3) is 0.355. The van der Waals surface area contributed by atoms with Gasteiger partial charge in [-0.25, -0.2) is 8.42 Å². The molecule has 11 heteroatoms. The van der Waals surface area contributed by atoms with Crippen LogP contribution in [0, 0.1) is 0 Å². The SMILES string of the molecule is CCCNC(=O)[C@H](Cc1ccccc1)N(Cc1cccc(OC)c1)C(=O)CN(c1ccc2c(c1)OCO2)S(=O)(=O)CC. The number of amides is 2. The highest BCUT2D eigenvalue weighted by molar-refractivity contribution is 7.92. The van der Waals surface area contributed by atoms with E-state index in [1.165, 1.54) is 11.8 Å². The first-order valence-electron chi connectivity index (χ1n) is 13.9. The van der Waals surface area contributed by atoms with Crippen molar-refractivity contribution >= 4 is 27.5 Å². The first kappa shape index (κ1) is 30.7. The lowest BCUT2D eigenvalue weighted by Crippen LogP contribution is -2.53. The summed E-state index contributed by atoms with van der Waals surface area (Å²) in [6, 6.07) is 20.5. The molecule has 3 aromatic rings. The van der Waals surface area contributed by atoms with Crippen molar-refractivity contribution in [2.75, 3.05) is 37.1 Å². The van der Waals surface area contributed by atoms with Crippen molar-refractivity contribution in [2.45, 2.75) is 39.3 Å². The predicted molar refractivity (Wildman–Crippen MR) is 160 cm³/mol. The Hall–Kier alpha value is -4.25. The molecular weight excluding hydrogens is 558 g/mol. The van der Waals surface area contributed by atoms with Crippen LogP contribution in [0.25, 0.3) is 0 Å². The molecule has 10 nitrogen and oxygen atoms in total. The van der Waals surface area contributed by atoms with E-state index in [0.717, 1.165) is 21.9 Å². The monoisotopic (exact) mass is 595 g/mol. The Balaban J connectivity index is 1.74. The lowest BCUT2D eigenvalue weighted by atomic mass is 10.0. The molecule has 0 unspecified atom stereocenters. The average molecular weight is 596 g/mol. The van der Waals surface area contributed by atoms with Crippen molar-refractivity contribution in [2.24, 2.45) is 0 Å². The quantitative estimate of drug-likeness (QED) is 0.302. The maximum Gasteiger partial charge on any atom is 0.244 e. The zero-order valence-corrected chi connectivity index (χ0v) is 24.9. The number of anilines is 1. The number of carbonyl (C=O) groups excluding carboxylic acids is 2. The van der Waals surface area contributed by atoms with E-state index in [4.69, 9.17) is 14.2 Å². The molecular formula is C31H37N3O7S. The van der Waals surface area contributed by atoms with Gasteiger partial charge in [-0.05, 0) is 48.7 Å². The molecule has 1 aliphatic heterocycles. The lowest BCUT2D eigenvalue weighted by Gasteiger charge is -2.33. The molecule has 1 N–H and O–H groups in total. The molecule has 0 aromatic heterocycles. The van der Waals surface area contributed by atoms with Crippen molar-refractivity contribution < 1.29 is 32.2 Å². The molecule has 0 fully saturated rings. The molecule has 2 amide bonds. The molecule has 3 aromatic carbocycles. The van der Waals surface area contributed by atoms with Gasteiger partial charge in [-0.2, -0.15) is 0 Å². The Morgan fingerprint density at radius 3 is 2.40 bits per heavy atom. The predicted octanol–water partition coefficient (Wildman–Crippen LogP) is 3.75. The number of hydrogen-bond donors (Lipinski definition) is 1. The normalized spacial score (nSPS) is 12.8. The fourth-order valence-corrected chi connectivity index (χ4v) is 5.70. The molecule has 1 heterocycles. The maximum atomic E-state index is 14.2. The summed E-state index contributed by atoms with van der Waals surface area (Å²) < 4.78 is 43.9. The van der Waals surface area contributed by atoms with Gasteiger partial charge in [0.1, 0.15) is 18.3 Å². The summed E-state index contributed by atoms with van der Waals surface area (Å²) in [4.78, 5) is 29.3. The largest absolute Gasteiger partial charge is 0.497 e. The summed E-state index contributed by atoms with van der Waals surface area (Å²) in [7, 11) is -2.34. The molecule has 0 bridgehead atoms. The van der Waals surface area contributed by atoms with E-state index in [2.05, 4.69) is 5.32 Å². The van der Waals surface area contributed by atoms with Crippen molar-refractivity contribution in [3.63, 3.8) is 0 Å². The van der Waals surface area contributed by atoms with Gasteiger partial charge in [0.25, 0.3) is 0 Å². The number of nitrogens with one attached hydrogen (secondary N) is 1. The van der Waals surface area contributed by atoms with Crippen LogP contribution in [0.15, 0.2) is 72.8 Å². The van der Waals surface area contributed by atoms with Crippen LogP contribution in [0.2, 0.25) is 0 Å². The molecule has 1 aliphatic rings. The molecule has 0 aliphatic carbocycles. The number of rotatable bonds is 14. The van der Waals surface area contributed by atoms with E-state index >= 15 is 0 Å². The van der Waals surface area contributed by atoms with E-state index in [-0.39, 0.29) is 37.1 Å². The zero-order chi connectivity index (χ0) is 30.1. The number of ether oxygens (including phenoxy) is 3. The minimum Gasteiger partial charge on any atom is -0.497 e. The molecule has 42 heavy (non-hydrogen) atoms. The van der Waals surface area contributed by atoms with Crippen LogP contribution in [-0.2, 0) is 32.6 Å². The second kappa shape index (κ2) is 14.1. The molecule has 0 saturated carbocycles. The summed E-state index contributed by atoms with van der Waals surface area (Å²) in [5.41, 5.74) is 1.87. The van der Waals surface area contributed by atoms with E-state index in [1.807, 2.05) is 43.3 Å². The Morgan fingerprint density at radius 2 is 1.69 bits per heavy atom. The third-order valence-electron chi connectivity index (χ3n) is 6.93. The number of nitrogens with zero attached hydrogens (tertiary/aromatic N) is 2. The molecule has 0 spiro atoms. The number of benzene rings is 3. The van der Waals surface area contributed by atoms with Gasteiger partial charge in [0.15, 0.2) is 11.5 Å². The highest BCUT2D eigenvalue weighted by Crippen LogP contribution is 2.36. The molecule has 4 rings (SSSR count). The van der Waals surface area contributed by atoms with E-state index in [1.54, 1.807) is 43.5 Å². The number of hydrogen-bond acceptors (Lipinski definition) is 7. The Labute approximate surface area is 247 Å². The standard InChI is InChI=1S/C31H37N3O7S/c1-4-16-32-31(36)27(18-23-10-7-6-8-11-23)33(20-24-12-9-13-26(17-24)39-3)30(35)21-34(42(37,38)5-2)25-14-15-28-29(19-25)41-22-40-28/h6-15,17,19,27H,4-5,16,18,20-22H2,1-3H3,(H,32,36)/t27-/m0/s1. The van der Waals surface area contributed by atoms with Gasteiger partial charge in [-0.1, -0.05) is 49.4 Å². The summed E-state index contributed by atoms with van der Waals surface area (Å²) in [6.45, 7) is 3.49. The van der Waals surface area contributed by atoms with Gasteiger partial charge in [0, 0.05) is 25.6 Å². The number of methoxy groups -OCH3 is 1. The second-order valence-corrected chi connectivity index (χ2v) is 12.0. The van der Waals surface area contributed by atoms with Crippen LogP contribution in [0.3, 0.4) is 0 Å². The third kappa shape index (κ3) is 7.52. The van der Waals surface area contributed by atoms with Crippen molar-refractivity contribution in [1.82, 2.24) is 10.2 Å². The highest BCUT2D eigenvalue weighted by Gasteiger charge is 2.34.